The number of alkyl carbamates (subject to hydrolysis) is 1. The molecule has 18 atom stereocenters. The minimum atomic E-state index is -1.35. The minimum Gasteiger partial charge on any atom is -0.481 e. The van der Waals surface area contributed by atoms with Gasteiger partial charge in [0.15, 0.2) is 11.6 Å². The van der Waals surface area contributed by atoms with Gasteiger partial charge < -0.3 is 49.1 Å². The fraction of sp³-hybridized carbons (Fsp3) is 0.894. The zero-order valence-electron chi connectivity index (χ0n) is 38.3. The highest BCUT2D eigenvalue weighted by molar-refractivity contribution is 5.84. The minimum absolute atomic E-state index is 0.0202. The number of carbonyl (C=O) groups is 3. The van der Waals surface area contributed by atoms with Gasteiger partial charge >= 0.3 is 12.1 Å². The first kappa shape index (κ1) is 47.4. The summed E-state index contributed by atoms with van der Waals surface area (Å²) in [4.78, 5) is 40.0. The molecule has 342 valence electrons. The van der Waals surface area contributed by atoms with Crippen LogP contribution in [0.25, 0.3) is 0 Å². The Bertz CT molecular complexity index is 1610. The molecule has 5 fully saturated rings. The predicted octanol–water partition coefficient (Wildman–Crippen LogP) is 7.48. The molecule has 6 aliphatic rings. The highest BCUT2D eigenvalue weighted by Crippen LogP contribution is 2.68. The molecule has 1 aliphatic carbocycles. The van der Waals surface area contributed by atoms with E-state index in [1.807, 2.05) is 60.6 Å². The molecule has 60 heavy (non-hydrogen) atoms. The van der Waals surface area contributed by atoms with Crippen molar-refractivity contribution >= 4 is 17.8 Å². The zero-order chi connectivity index (χ0) is 44.2. The Balaban J connectivity index is 1.24. The molecule has 0 radical (unpaired) electrons. The van der Waals surface area contributed by atoms with Gasteiger partial charge in [-0.25, -0.2) is 4.79 Å². The molecule has 0 bridgehead atoms. The average Bonchev–Trinajstić information content (AvgIpc) is 3.67. The molecule has 1 saturated carbocycles. The molecule has 4 N–H and O–H groups in total. The number of carboxylic acid groups (broad SMARTS) is 1. The number of carbonyl (C=O) groups excluding carboxylic acids is 2. The van der Waals surface area contributed by atoms with Crippen LogP contribution < -0.4 is 5.32 Å². The first-order chi connectivity index (χ1) is 28.1. The number of hydrogen-bond acceptors (Lipinski definition) is 11. The van der Waals surface area contributed by atoms with E-state index in [4.69, 9.17) is 28.4 Å². The third-order valence-electron chi connectivity index (χ3n) is 16.5. The molecule has 6 rings (SSSR count). The number of carboxylic acids is 1. The van der Waals surface area contributed by atoms with Gasteiger partial charge in [-0.1, -0.05) is 68.4 Å². The summed E-state index contributed by atoms with van der Waals surface area (Å²) in [6.07, 6.45) is 7.55. The molecule has 3 spiro atoms. The standard InChI is InChI=1S/C47H77NO12/c1-12-24-55-41(53)48-35-18-21-46(60-47(35)23-22-43(11,59-47)36-19-20-44(54,15-4)31(9)56-36)29(7)25-27(5)38(58-46)33(14-3)37(49)30(8)39(50)42(10)26-45(42)28(6)16-17-34(57-45)32(13-2)40(51)52/h18,21,27-36,38-39,50,54H,12-17,19-20,22-26H2,1-11H3,(H,48,53)(H,51,52)/t27-,28-,29+,30+,31-,32+,33?,34+,35?,36+,38-,39+,42?,43-,44+,45+,46-,47-/m0/s1. The predicted molar refractivity (Wildman–Crippen MR) is 224 cm³/mol. The van der Waals surface area contributed by atoms with Crippen LogP contribution in [0.4, 0.5) is 4.79 Å². The van der Waals surface area contributed by atoms with Crippen LogP contribution in [0.5, 0.6) is 0 Å². The van der Waals surface area contributed by atoms with Crippen molar-refractivity contribution in [3.63, 3.8) is 0 Å². The third-order valence-corrected chi connectivity index (χ3v) is 16.5. The van der Waals surface area contributed by atoms with Crippen LogP contribution in [0.3, 0.4) is 0 Å². The lowest BCUT2D eigenvalue weighted by Crippen LogP contribution is -2.65. The van der Waals surface area contributed by atoms with Crippen molar-refractivity contribution in [1.29, 1.82) is 0 Å². The van der Waals surface area contributed by atoms with Gasteiger partial charge in [0.1, 0.15) is 11.8 Å². The van der Waals surface area contributed by atoms with Crippen LogP contribution in [0.1, 0.15) is 153 Å². The molecule has 1 amide bonds. The summed E-state index contributed by atoms with van der Waals surface area (Å²) in [6, 6.07) is -0.714. The molecule has 0 aromatic carbocycles. The quantitative estimate of drug-likeness (QED) is 0.127. The summed E-state index contributed by atoms with van der Waals surface area (Å²) in [5.74, 6) is -5.57. The van der Waals surface area contributed by atoms with E-state index in [-0.39, 0.29) is 36.2 Å². The topological polar surface area (TPSA) is 179 Å². The largest absolute Gasteiger partial charge is 0.481 e. The molecular formula is C47H77NO12. The van der Waals surface area contributed by atoms with E-state index < -0.39 is 94.1 Å². The second-order valence-corrected chi connectivity index (χ2v) is 20.2. The number of ether oxygens (including phenoxy) is 6. The maximum atomic E-state index is 14.8. The zero-order valence-corrected chi connectivity index (χ0v) is 38.3. The van der Waals surface area contributed by atoms with Gasteiger partial charge in [-0.05, 0) is 102 Å². The first-order valence-corrected chi connectivity index (χ1v) is 23.3. The molecule has 5 aliphatic heterocycles. The number of ketones is 1. The lowest BCUT2D eigenvalue weighted by atomic mass is 9.72. The number of rotatable bonds is 14. The van der Waals surface area contributed by atoms with Gasteiger partial charge in [-0.3, -0.25) is 9.59 Å². The highest BCUT2D eigenvalue weighted by atomic mass is 16.8. The summed E-state index contributed by atoms with van der Waals surface area (Å²) in [5, 5.41) is 36.3. The SMILES string of the molecule is CCCOC(=O)NC1C=C[C@]2(O[C@H](C(CC)C(=O)[C@@H](C)[C@@H](O)C3(C)C[C@]34O[C@@H]([C@@H](CC)C(=O)O)CC[C@@H]4C)[C@@H](C)C[C@H]2C)O[C@@]12CC[C@@](C)([C@H]1CC[C@](O)(CC)[C@H](C)O1)O2. The van der Waals surface area contributed by atoms with Crippen molar-refractivity contribution in [2.45, 2.75) is 218 Å². The molecule has 0 aromatic heterocycles. The number of Topliss-reactive ketones (excluding diaryl/α,β-unsaturated/α-hetero) is 1. The van der Waals surface area contributed by atoms with E-state index in [0.29, 0.717) is 70.6 Å². The molecular weight excluding hydrogens is 771 g/mol. The summed E-state index contributed by atoms with van der Waals surface area (Å²) < 4.78 is 40.1. The Morgan fingerprint density at radius 3 is 2.23 bits per heavy atom. The third kappa shape index (κ3) is 8.13. The summed E-state index contributed by atoms with van der Waals surface area (Å²) >= 11 is 0. The second-order valence-electron chi connectivity index (χ2n) is 20.2. The van der Waals surface area contributed by atoms with Crippen molar-refractivity contribution in [2.75, 3.05) is 6.61 Å². The maximum Gasteiger partial charge on any atom is 0.407 e. The van der Waals surface area contributed by atoms with Gasteiger partial charge in [-0.2, -0.15) is 0 Å². The molecule has 0 aromatic rings. The number of aliphatic hydroxyl groups is 2. The molecule has 13 nitrogen and oxygen atoms in total. The van der Waals surface area contributed by atoms with Crippen molar-refractivity contribution in [2.24, 2.45) is 40.9 Å². The van der Waals surface area contributed by atoms with Crippen LogP contribution in [-0.2, 0) is 38.0 Å². The monoisotopic (exact) mass is 848 g/mol. The second kappa shape index (κ2) is 17.4. The lowest BCUT2D eigenvalue weighted by Gasteiger charge is -2.55. The van der Waals surface area contributed by atoms with E-state index in [9.17, 15) is 29.7 Å². The lowest BCUT2D eigenvalue weighted by molar-refractivity contribution is -0.398. The molecule has 4 saturated heterocycles. The maximum absolute atomic E-state index is 14.8. The van der Waals surface area contributed by atoms with Gasteiger partial charge in [0, 0.05) is 29.6 Å². The van der Waals surface area contributed by atoms with Crippen molar-refractivity contribution in [3.8, 4) is 0 Å². The highest BCUT2D eigenvalue weighted by Gasteiger charge is 2.74. The van der Waals surface area contributed by atoms with E-state index in [2.05, 4.69) is 26.1 Å². The number of hydrogen-bond donors (Lipinski definition) is 4. The smallest absolute Gasteiger partial charge is 0.407 e. The summed E-state index contributed by atoms with van der Waals surface area (Å²) in [7, 11) is 0. The van der Waals surface area contributed by atoms with Crippen LogP contribution in [0, 0.1) is 40.9 Å². The van der Waals surface area contributed by atoms with Crippen molar-refractivity contribution in [1.82, 2.24) is 5.32 Å². The van der Waals surface area contributed by atoms with Gasteiger partial charge in [-0.15, -0.1) is 0 Å². The summed E-state index contributed by atoms with van der Waals surface area (Å²) in [5.41, 5.74) is -3.13. The van der Waals surface area contributed by atoms with E-state index in [0.717, 1.165) is 6.42 Å². The van der Waals surface area contributed by atoms with Crippen LogP contribution in [0.2, 0.25) is 0 Å². The Morgan fingerprint density at radius 2 is 1.62 bits per heavy atom. The normalized spacial score (nSPS) is 45.9. The van der Waals surface area contributed by atoms with Crippen LogP contribution in [-0.4, -0.2) is 105 Å². The van der Waals surface area contributed by atoms with Crippen LogP contribution in [0.15, 0.2) is 12.2 Å². The van der Waals surface area contributed by atoms with Crippen molar-refractivity contribution in [3.05, 3.63) is 12.2 Å². The first-order valence-electron chi connectivity index (χ1n) is 23.3. The van der Waals surface area contributed by atoms with Gasteiger partial charge in [0.25, 0.3) is 0 Å². The Kier molecular flexibility index (Phi) is 13.8. The van der Waals surface area contributed by atoms with E-state index in [1.54, 1.807) is 6.92 Å². The Hall–Kier alpha value is -2.13. The summed E-state index contributed by atoms with van der Waals surface area (Å²) in [6.45, 7) is 22.0. The Morgan fingerprint density at radius 1 is 0.917 bits per heavy atom. The van der Waals surface area contributed by atoms with E-state index >= 15 is 0 Å². The fourth-order valence-corrected chi connectivity index (χ4v) is 12.1. The number of amides is 1. The number of aliphatic carboxylic acids is 1. The molecule has 13 heteroatoms. The number of nitrogens with one attached hydrogen (secondary N) is 1. The number of aliphatic hydroxyl groups excluding tert-OH is 1. The Labute approximate surface area is 358 Å². The van der Waals surface area contributed by atoms with Crippen molar-refractivity contribution < 1.29 is 58.1 Å². The average molecular weight is 848 g/mol. The fourth-order valence-electron chi connectivity index (χ4n) is 12.1. The molecule has 5 heterocycles. The molecule has 3 unspecified atom stereocenters. The van der Waals surface area contributed by atoms with E-state index in [1.165, 1.54) is 0 Å². The van der Waals surface area contributed by atoms with Crippen LogP contribution >= 0.6 is 0 Å². The van der Waals surface area contributed by atoms with Gasteiger partial charge in [0.05, 0.1) is 59.8 Å². The van der Waals surface area contributed by atoms with Gasteiger partial charge in [0.2, 0.25) is 0 Å².